The molecular formula is C25H24ClFN6OS. The number of carbonyl (C=O) groups is 1. The van der Waals surface area contributed by atoms with Crippen LogP contribution in [-0.4, -0.2) is 26.5 Å². The third-order valence-electron chi connectivity index (χ3n) is 6.37. The van der Waals surface area contributed by atoms with Crippen LogP contribution in [0.1, 0.15) is 46.2 Å². The molecule has 35 heavy (non-hydrogen) atoms. The van der Waals surface area contributed by atoms with Crippen molar-refractivity contribution >= 4 is 52.1 Å². The van der Waals surface area contributed by atoms with Crippen LogP contribution in [0.2, 0.25) is 5.02 Å². The molecule has 0 unspecified atom stereocenters. The third-order valence-corrected chi connectivity index (χ3v) is 7.78. The number of nitrogens with zero attached hydrogens (tertiary/aromatic N) is 3. The van der Waals surface area contributed by atoms with E-state index in [1.807, 2.05) is 18.7 Å². The molecule has 2 aromatic heterocycles. The van der Waals surface area contributed by atoms with Gasteiger partial charge in [0.25, 0.3) is 5.91 Å². The third kappa shape index (κ3) is 4.30. The lowest BCUT2D eigenvalue weighted by molar-refractivity contribution is 0.0942. The van der Waals surface area contributed by atoms with Crippen LogP contribution in [-0.2, 0) is 13.6 Å². The minimum Gasteiger partial charge on any atom is -0.397 e. The number of halogens is 2. The minimum absolute atomic E-state index is 0.0589. The Bertz CT molecular complexity index is 1490. The second-order valence-corrected chi connectivity index (χ2v) is 10.2. The van der Waals surface area contributed by atoms with Gasteiger partial charge in [-0.25, -0.2) is 4.39 Å². The maximum Gasteiger partial charge on any atom is 0.268 e. The Kier molecular flexibility index (Phi) is 6.06. The van der Waals surface area contributed by atoms with Gasteiger partial charge in [-0.15, -0.1) is 0 Å². The predicted octanol–water partition coefficient (Wildman–Crippen LogP) is 5.47. The van der Waals surface area contributed by atoms with Gasteiger partial charge < -0.3 is 21.0 Å². The molecule has 0 saturated heterocycles. The van der Waals surface area contributed by atoms with Crippen LogP contribution >= 0.6 is 23.4 Å². The summed E-state index contributed by atoms with van der Waals surface area (Å²) >= 11 is 7.66. The van der Waals surface area contributed by atoms with E-state index in [1.54, 1.807) is 35.0 Å². The van der Waals surface area contributed by atoms with Crippen LogP contribution in [0, 0.1) is 18.2 Å². The van der Waals surface area contributed by atoms with Gasteiger partial charge in [-0.3, -0.25) is 9.48 Å². The van der Waals surface area contributed by atoms with Crippen molar-refractivity contribution in [3.8, 4) is 0 Å². The molecule has 0 spiro atoms. The Morgan fingerprint density at radius 2 is 2.14 bits per heavy atom. The molecule has 1 amide bonds. The van der Waals surface area contributed by atoms with Crippen LogP contribution < -0.4 is 11.1 Å². The number of anilines is 1. The van der Waals surface area contributed by atoms with Crippen molar-refractivity contribution in [3.63, 3.8) is 0 Å². The lowest BCUT2D eigenvalue weighted by atomic mass is 10.1. The molecule has 2 heterocycles. The zero-order chi connectivity index (χ0) is 24.9. The molecule has 7 nitrogen and oxygen atoms in total. The Hall–Kier alpha value is -3.30. The van der Waals surface area contributed by atoms with E-state index in [2.05, 4.69) is 10.4 Å². The van der Waals surface area contributed by atoms with Crippen LogP contribution in [0.4, 0.5) is 10.1 Å². The summed E-state index contributed by atoms with van der Waals surface area (Å²) in [6.07, 6.45) is 4.97. The average Bonchev–Trinajstić information content (AvgIpc) is 3.54. The molecule has 4 aromatic rings. The van der Waals surface area contributed by atoms with Gasteiger partial charge in [-0.05, 0) is 50.1 Å². The predicted molar refractivity (Wildman–Crippen MR) is 137 cm³/mol. The number of hydrogen-bond donors (Lipinski definition) is 3. The number of fused-ring (bicyclic) bond motifs is 1. The second-order valence-electron chi connectivity index (χ2n) is 8.66. The first-order chi connectivity index (χ1) is 16.8. The van der Waals surface area contributed by atoms with Crippen molar-refractivity contribution in [1.82, 2.24) is 19.7 Å². The minimum atomic E-state index is -0.360. The summed E-state index contributed by atoms with van der Waals surface area (Å²) in [5.74, 6) is -0.659. The molecule has 1 fully saturated rings. The molecule has 0 radical (unpaired) electrons. The number of aromatic nitrogens is 3. The first-order valence-corrected chi connectivity index (χ1v) is 12.3. The number of carbonyl (C=O) groups excluding carboxylic acids is 1. The molecular weight excluding hydrogens is 487 g/mol. The fourth-order valence-electron chi connectivity index (χ4n) is 4.12. The van der Waals surface area contributed by atoms with E-state index in [9.17, 15) is 9.18 Å². The average molecular weight is 511 g/mol. The van der Waals surface area contributed by atoms with E-state index in [4.69, 9.17) is 22.7 Å². The molecule has 0 bridgehead atoms. The molecule has 0 atom stereocenters. The van der Waals surface area contributed by atoms with Gasteiger partial charge in [-0.2, -0.15) is 5.10 Å². The summed E-state index contributed by atoms with van der Waals surface area (Å²) in [6, 6.07) is 8.78. The Morgan fingerprint density at radius 3 is 2.86 bits per heavy atom. The molecule has 1 aliphatic carbocycles. The first kappa shape index (κ1) is 23.4. The zero-order valence-electron chi connectivity index (χ0n) is 19.2. The van der Waals surface area contributed by atoms with Gasteiger partial charge >= 0.3 is 0 Å². The van der Waals surface area contributed by atoms with Crippen molar-refractivity contribution in [1.29, 1.82) is 5.41 Å². The number of nitrogens with one attached hydrogen (secondary N) is 2. The van der Waals surface area contributed by atoms with Crippen LogP contribution in [0.5, 0.6) is 0 Å². The van der Waals surface area contributed by atoms with E-state index in [0.717, 1.165) is 45.4 Å². The number of hydrogen-bond acceptors (Lipinski definition) is 5. The van der Waals surface area contributed by atoms with E-state index in [0.29, 0.717) is 33.6 Å². The highest BCUT2D eigenvalue weighted by molar-refractivity contribution is 7.99. The lowest BCUT2D eigenvalue weighted by Gasteiger charge is -2.11. The highest BCUT2D eigenvalue weighted by Crippen LogP contribution is 2.38. The summed E-state index contributed by atoms with van der Waals surface area (Å²) in [5, 5.41) is 16.1. The largest absolute Gasteiger partial charge is 0.397 e. The van der Waals surface area contributed by atoms with Gasteiger partial charge in [0.1, 0.15) is 11.5 Å². The first-order valence-electron chi connectivity index (χ1n) is 11.1. The molecule has 1 saturated carbocycles. The smallest absolute Gasteiger partial charge is 0.268 e. The molecule has 4 N–H and O–H groups in total. The number of nitrogen functional groups attached to an aromatic ring is 1. The summed E-state index contributed by atoms with van der Waals surface area (Å²) in [6.45, 7) is 1.98. The van der Waals surface area contributed by atoms with Crippen molar-refractivity contribution in [2.75, 3.05) is 5.73 Å². The van der Waals surface area contributed by atoms with Crippen LogP contribution in [0.3, 0.4) is 0 Å². The Morgan fingerprint density at radius 1 is 1.37 bits per heavy atom. The number of benzene rings is 2. The monoisotopic (exact) mass is 510 g/mol. The van der Waals surface area contributed by atoms with Crippen LogP contribution in [0.15, 0.2) is 46.3 Å². The molecule has 0 aliphatic heterocycles. The second kappa shape index (κ2) is 9.05. The standard InChI is InChI=1S/C25H24ClFN6OS/c1-13-22(35-17-7-15(10-28)23(29)19(26)8-17)9-21(32(13)2)25(34)30-12-18-20(27)6-3-14-11-31-33(24(14)18)16-4-5-16/h3,6-11,16,28H,4-5,12,29H2,1-2H3,(H,30,34). The number of rotatable bonds is 7. The van der Waals surface area contributed by atoms with Gasteiger partial charge in [0.15, 0.2) is 0 Å². The molecule has 2 aromatic carbocycles. The maximum absolute atomic E-state index is 14.8. The van der Waals surface area contributed by atoms with Gasteiger partial charge in [0, 0.05) is 51.8 Å². The lowest BCUT2D eigenvalue weighted by Crippen LogP contribution is -2.26. The Labute approximate surface area is 210 Å². The van der Waals surface area contributed by atoms with E-state index in [-0.39, 0.29) is 18.3 Å². The summed E-state index contributed by atoms with van der Waals surface area (Å²) in [7, 11) is 1.82. The van der Waals surface area contributed by atoms with Crippen molar-refractivity contribution in [2.24, 2.45) is 7.05 Å². The van der Waals surface area contributed by atoms with Crippen molar-refractivity contribution < 1.29 is 9.18 Å². The van der Waals surface area contributed by atoms with E-state index >= 15 is 0 Å². The summed E-state index contributed by atoms with van der Waals surface area (Å²) in [4.78, 5) is 14.8. The van der Waals surface area contributed by atoms with E-state index < -0.39 is 0 Å². The highest BCUT2D eigenvalue weighted by Gasteiger charge is 2.28. The number of amides is 1. The highest BCUT2D eigenvalue weighted by atomic mass is 35.5. The van der Waals surface area contributed by atoms with Crippen LogP contribution in [0.25, 0.3) is 10.9 Å². The van der Waals surface area contributed by atoms with Crippen molar-refractivity contribution in [2.45, 2.75) is 42.1 Å². The van der Waals surface area contributed by atoms with Crippen molar-refractivity contribution in [3.05, 3.63) is 69.9 Å². The topological polar surface area (TPSA) is 102 Å². The normalized spacial score (nSPS) is 13.4. The van der Waals surface area contributed by atoms with Gasteiger partial charge in [-0.1, -0.05) is 23.4 Å². The van der Waals surface area contributed by atoms with Gasteiger partial charge in [0.05, 0.1) is 28.5 Å². The Balaban J connectivity index is 1.39. The SMILES string of the molecule is Cc1c(Sc2cc(Cl)c(N)c(C=N)c2)cc(C(=O)NCc2c(F)ccc3cnn(C4CC4)c23)n1C. The quantitative estimate of drug-likeness (QED) is 0.226. The molecule has 5 rings (SSSR count). The fraction of sp³-hybridized carbons (Fsp3) is 0.240. The van der Waals surface area contributed by atoms with Gasteiger partial charge in [0.2, 0.25) is 0 Å². The maximum atomic E-state index is 14.8. The number of nitrogens with two attached hydrogens (primary N) is 1. The molecule has 1 aliphatic rings. The molecule has 180 valence electrons. The fourth-order valence-corrected chi connectivity index (χ4v) is 5.48. The van der Waals surface area contributed by atoms with E-state index in [1.165, 1.54) is 17.8 Å². The zero-order valence-corrected chi connectivity index (χ0v) is 20.8. The summed E-state index contributed by atoms with van der Waals surface area (Å²) < 4.78 is 18.5. The summed E-state index contributed by atoms with van der Waals surface area (Å²) in [5.41, 5.74) is 9.36. The molecule has 10 heteroatoms.